The molecule has 0 aliphatic carbocycles. The molecule has 0 aromatic carbocycles. The lowest BCUT2D eigenvalue weighted by atomic mass is 10.1. The molecule has 0 aromatic heterocycles. The molecule has 1 fully saturated rings. The quantitative estimate of drug-likeness (QED) is 0.632. The van der Waals surface area contributed by atoms with Crippen LogP contribution < -0.4 is 0 Å². The molecule has 1 nitrogen and oxygen atoms in total. The molecule has 1 rings (SSSR count). The minimum absolute atomic E-state index is 0.146. The SMILES string of the molecule is CC1(C)CCC(CCBr)O1. The van der Waals surface area contributed by atoms with Crippen molar-refractivity contribution in [3.8, 4) is 0 Å². The highest BCUT2D eigenvalue weighted by Crippen LogP contribution is 2.30. The van der Waals surface area contributed by atoms with Gasteiger partial charge in [-0.3, -0.25) is 0 Å². The Kier molecular flexibility index (Phi) is 2.75. The van der Waals surface area contributed by atoms with Crippen LogP contribution in [0.25, 0.3) is 0 Å². The van der Waals surface area contributed by atoms with Crippen LogP contribution in [0.2, 0.25) is 0 Å². The minimum Gasteiger partial charge on any atom is -0.372 e. The van der Waals surface area contributed by atoms with Gasteiger partial charge in [0.25, 0.3) is 0 Å². The van der Waals surface area contributed by atoms with E-state index in [4.69, 9.17) is 4.74 Å². The van der Waals surface area contributed by atoms with E-state index in [1.807, 2.05) is 0 Å². The number of hydrogen-bond donors (Lipinski definition) is 0. The van der Waals surface area contributed by atoms with E-state index in [0.29, 0.717) is 6.10 Å². The molecular formula is C8H15BrO. The third-order valence-corrected chi connectivity index (χ3v) is 2.44. The fourth-order valence-electron chi connectivity index (χ4n) is 1.40. The van der Waals surface area contributed by atoms with Gasteiger partial charge in [-0.05, 0) is 33.1 Å². The van der Waals surface area contributed by atoms with Crippen molar-refractivity contribution in [2.45, 2.75) is 44.8 Å². The second kappa shape index (κ2) is 3.22. The molecule has 0 amide bonds. The smallest absolute Gasteiger partial charge is 0.0631 e. The molecule has 1 atom stereocenters. The van der Waals surface area contributed by atoms with Gasteiger partial charge < -0.3 is 4.74 Å². The van der Waals surface area contributed by atoms with Crippen molar-refractivity contribution in [1.82, 2.24) is 0 Å². The average molecular weight is 207 g/mol. The molecule has 1 heterocycles. The summed E-state index contributed by atoms with van der Waals surface area (Å²) in [5, 5.41) is 1.06. The maximum Gasteiger partial charge on any atom is 0.0631 e. The van der Waals surface area contributed by atoms with Gasteiger partial charge in [-0.2, -0.15) is 0 Å². The van der Waals surface area contributed by atoms with E-state index in [0.717, 1.165) is 11.8 Å². The van der Waals surface area contributed by atoms with Crippen LogP contribution in [0.5, 0.6) is 0 Å². The largest absolute Gasteiger partial charge is 0.372 e. The van der Waals surface area contributed by atoms with Crippen LogP contribution in [0.3, 0.4) is 0 Å². The zero-order chi connectivity index (χ0) is 7.61. The van der Waals surface area contributed by atoms with E-state index in [-0.39, 0.29) is 5.60 Å². The van der Waals surface area contributed by atoms with Crippen LogP contribution in [-0.4, -0.2) is 17.0 Å². The monoisotopic (exact) mass is 206 g/mol. The van der Waals surface area contributed by atoms with Gasteiger partial charge in [-0.15, -0.1) is 0 Å². The summed E-state index contributed by atoms with van der Waals surface area (Å²) in [6.07, 6.45) is 4.11. The van der Waals surface area contributed by atoms with Crippen LogP contribution in [0.15, 0.2) is 0 Å². The number of rotatable bonds is 2. The topological polar surface area (TPSA) is 9.23 Å². The van der Waals surface area contributed by atoms with E-state index >= 15 is 0 Å². The zero-order valence-electron chi connectivity index (χ0n) is 6.69. The Balaban J connectivity index is 2.29. The third-order valence-electron chi connectivity index (χ3n) is 1.99. The van der Waals surface area contributed by atoms with Crippen molar-refractivity contribution in [1.29, 1.82) is 0 Å². The molecule has 1 saturated heterocycles. The van der Waals surface area contributed by atoms with Gasteiger partial charge in [0.05, 0.1) is 11.7 Å². The van der Waals surface area contributed by atoms with Gasteiger partial charge in [0.2, 0.25) is 0 Å². The molecule has 0 N–H and O–H groups in total. The Bertz CT molecular complexity index is 112. The van der Waals surface area contributed by atoms with Gasteiger partial charge in [-0.1, -0.05) is 15.9 Å². The van der Waals surface area contributed by atoms with E-state index in [1.54, 1.807) is 0 Å². The van der Waals surface area contributed by atoms with Crippen LogP contribution in [0.4, 0.5) is 0 Å². The lowest BCUT2D eigenvalue weighted by Gasteiger charge is -2.18. The van der Waals surface area contributed by atoms with Crippen molar-refractivity contribution < 1.29 is 4.74 Å². The molecule has 1 aliphatic rings. The number of alkyl halides is 1. The first-order chi connectivity index (χ1) is 4.64. The predicted molar refractivity (Wildman–Crippen MR) is 46.6 cm³/mol. The van der Waals surface area contributed by atoms with E-state index in [2.05, 4.69) is 29.8 Å². The average Bonchev–Trinajstić information content (AvgIpc) is 2.12. The minimum atomic E-state index is 0.146. The van der Waals surface area contributed by atoms with Gasteiger partial charge in [0.15, 0.2) is 0 Å². The number of halogens is 1. The Morgan fingerprint density at radius 3 is 2.70 bits per heavy atom. The van der Waals surface area contributed by atoms with E-state index in [1.165, 1.54) is 12.8 Å². The zero-order valence-corrected chi connectivity index (χ0v) is 8.28. The Morgan fingerprint density at radius 2 is 2.30 bits per heavy atom. The lowest BCUT2D eigenvalue weighted by Crippen LogP contribution is -2.19. The molecule has 60 valence electrons. The molecule has 0 aromatic rings. The van der Waals surface area contributed by atoms with E-state index < -0.39 is 0 Å². The van der Waals surface area contributed by atoms with Crippen molar-refractivity contribution in [2.75, 3.05) is 5.33 Å². The van der Waals surface area contributed by atoms with Crippen LogP contribution >= 0.6 is 15.9 Å². The van der Waals surface area contributed by atoms with Crippen LogP contribution in [0, 0.1) is 0 Å². The van der Waals surface area contributed by atoms with Crippen molar-refractivity contribution in [3.05, 3.63) is 0 Å². The van der Waals surface area contributed by atoms with Crippen molar-refractivity contribution in [3.63, 3.8) is 0 Å². The molecule has 0 saturated carbocycles. The molecule has 0 radical (unpaired) electrons. The maximum absolute atomic E-state index is 5.76. The number of ether oxygens (including phenoxy) is 1. The van der Waals surface area contributed by atoms with Crippen molar-refractivity contribution >= 4 is 15.9 Å². The summed E-state index contributed by atoms with van der Waals surface area (Å²) >= 11 is 3.42. The highest BCUT2D eigenvalue weighted by molar-refractivity contribution is 9.09. The normalized spacial score (nSPS) is 30.9. The standard InChI is InChI=1S/C8H15BrO/c1-8(2)5-3-7(10-8)4-6-9/h7H,3-6H2,1-2H3. The Morgan fingerprint density at radius 1 is 1.60 bits per heavy atom. The molecule has 0 bridgehead atoms. The fraction of sp³-hybridized carbons (Fsp3) is 1.00. The van der Waals surface area contributed by atoms with Gasteiger partial charge in [0, 0.05) is 5.33 Å². The Hall–Kier alpha value is 0.440. The van der Waals surface area contributed by atoms with Gasteiger partial charge >= 0.3 is 0 Å². The van der Waals surface area contributed by atoms with Gasteiger partial charge in [0.1, 0.15) is 0 Å². The molecule has 0 spiro atoms. The summed E-state index contributed by atoms with van der Waals surface area (Å²) in [7, 11) is 0. The van der Waals surface area contributed by atoms with Crippen LogP contribution in [-0.2, 0) is 4.74 Å². The lowest BCUT2D eigenvalue weighted by molar-refractivity contribution is -0.0156. The summed E-state index contributed by atoms with van der Waals surface area (Å²) in [5.41, 5.74) is 0.146. The first-order valence-corrected chi connectivity index (χ1v) is 5.00. The summed E-state index contributed by atoms with van der Waals surface area (Å²) in [5.74, 6) is 0. The highest BCUT2D eigenvalue weighted by Gasteiger charge is 2.30. The highest BCUT2D eigenvalue weighted by atomic mass is 79.9. The summed E-state index contributed by atoms with van der Waals surface area (Å²) in [6, 6.07) is 0. The Labute approximate surface area is 71.3 Å². The first kappa shape index (κ1) is 8.54. The molecule has 1 unspecified atom stereocenters. The summed E-state index contributed by atoms with van der Waals surface area (Å²) in [4.78, 5) is 0. The molecule has 1 aliphatic heterocycles. The summed E-state index contributed by atoms with van der Waals surface area (Å²) < 4.78 is 5.76. The van der Waals surface area contributed by atoms with Gasteiger partial charge in [-0.25, -0.2) is 0 Å². The first-order valence-electron chi connectivity index (χ1n) is 3.88. The maximum atomic E-state index is 5.76. The third kappa shape index (κ3) is 2.24. The molecular weight excluding hydrogens is 192 g/mol. The second-order valence-electron chi connectivity index (χ2n) is 3.52. The van der Waals surface area contributed by atoms with E-state index in [9.17, 15) is 0 Å². The summed E-state index contributed by atoms with van der Waals surface area (Å²) in [6.45, 7) is 4.34. The molecule has 2 heteroatoms. The predicted octanol–water partition coefficient (Wildman–Crippen LogP) is 2.73. The second-order valence-corrected chi connectivity index (χ2v) is 4.31. The fourth-order valence-corrected chi connectivity index (χ4v) is 1.91. The van der Waals surface area contributed by atoms with Crippen molar-refractivity contribution in [2.24, 2.45) is 0 Å². The number of hydrogen-bond acceptors (Lipinski definition) is 1. The molecule has 10 heavy (non-hydrogen) atoms. The van der Waals surface area contributed by atoms with Crippen LogP contribution in [0.1, 0.15) is 33.1 Å².